The molecule has 0 saturated heterocycles. The van der Waals surface area contributed by atoms with Gasteiger partial charge in [-0.15, -0.1) is 0 Å². The van der Waals surface area contributed by atoms with Crippen LogP contribution in [0.3, 0.4) is 0 Å². The number of hydrogen-bond acceptors (Lipinski definition) is 7. The number of non-ortho nitro benzene ring substituents is 1. The van der Waals surface area contributed by atoms with Crippen LogP contribution in [-0.4, -0.2) is 42.8 Å². The van der Waals surface area contributed by atoms with Gasteiger partial charge in [-0.2, -0.15) is 9.89 Å². The Bertz CT molecular complexity index is 1520. The molecule has 4 rings (SSSR count). The molecule has 2 aromatic heterocycles. The smallest absolute Gasteiger partial charge is 0.425 e. The lowest BCUT2D eigenvalue weighted by atomic mass is 9.98. The van der Waals surface area contributed by atoms with Crippen molar-refractivity contribution in [2.45, 2.75) is 0 Å². The summed E-state index contributed by atoms with van der Waals surface area (Å²) in [6.45, 7) is 0. The van der Waals surface area contributed by atoms with Gasteiger partial charge in [0.15, 0.2) is 5.69 Å². The van der Waals surface area contributed by atoms with Crippen LogP contribution in [0, 0.1) is 15.9 Å². The number of rotatable bonds is 6. The minimum atomic E-state index is -1.59. The number of hydrogen-bond donors (Lipinski definition) is 4. The Kier molecular flexibility index (Phi) is 6.81. The average Bonchev–Trinajstić information content (AvgIpc) is 3.26. The van der Waals surface area contributed by atoms with Gasteiger partial charge >= 0.3 is 6.09 Å². The minimum absolute atomic E-state index is 0.0579. The van der Waals surface area contributed by atoms with E-state index in [1.54, 1.807) is 0 Å². The normalized spacial score (nSPS) is 10.4. The van der Waals surface area contributed by atoms with Crippen LogP contribution in [0.1, 0.15) is 20.8 Å². The van der Waals surface area contributed by atoms with Gasteiger partial charge in [-0.25, -0.2) is 14.6 Å². The van der Waals surface area contributed by atoms with Gasteiger partial charge in [-0.05, 0) is 29.8 Å². The van der Waals surface area contributed by atoms with Gasteiger partial charge < -0.3 is 5.11 Å². The van der Waals surface area contributed by atoms with E-state index in [1.165, 1.54) is 60.9 Å². The van der Waals surface area contributed by atoms with Crippen molar-refractivity contribution in [3.8, 4) is 22.4 Å². The Hall–Kier alpha value is -5.66. The number of halogens is 1. The van der Waals surface area contributed by atoms with E-state index in [9.17, 15) is 34.0 Å². The molecule has 2 aromatic carbocycles. The van der Waals surface area contributed by atoms with Gasteiger partial charge in [-0.1, -0.05) is 24.3 Å². The molecule has 0 aliphatic heterocycles. The summed E-state index contributed by atoms with van der Waals surface area (Å²) < 4.78 is 14.0. The molecule has 0 atom stereocenters. The predicted molar refractivity (Wildman–Crippen MR) is 126 cm³/mol. The van der Waals surface area contributed by atoms with E-state index in [-0.39, 0.29) is 33.6 Å². The molecule has 0 bridgehead atoms. The lowest BCUT2D eigenvalue weighted by molar-refractivity contribution is -0.384. The van der Waals surface area contributed by atoms with Crippen molar-refractivity contribution in [3.63, 3.8) is 0 Å². The molecule has 186 valence electrons. The number of pyridine rings is 1. The van der Waals surface area contributed by atoms with Crippen LogP contribution in [-0.2, 0) is 0 Å². The molecular formula is C23H16FN7O6. The summed E-state index contributed by atoms with van der Waals surface area (Å²) in [5.41, 5.74) is 5.79. The quantitative estimate of drug-likeness (QED) is 0.228. The molecule has 3 amide bonds. The van der Waals surface area contributed by atoms with Gasteiger partial charge in [0.1, 0.15) is 11.5 Å². The van der Waals surface area contributed by atoms with Crippen molar-refractivity contribution >= 4 is 23.6 Å². The van der Waals surface area contributed by atoms with Crippen molar-refractivity contribution in [1.29, 1.82) is 0 Å². The third-order valence-corrected chi connectivity index (χ3v) is 4.96. The number of nitrogens with zero attached hydrogens (tertiary/aromatic N) is 4. The Morgan fingerprint density at radius 3 is 2.38 bits per heavy atom. The zero-order valence-corrected chi connectivity index (χ0v) is 18.6. The molecule has 0 unspecified atom stereocenters. The maximum Gasteiger partial charge on any atom is 0.425 e. The van der Waals surface area contributed by atoms with E-state index >= 15 is 0 Å². The van der Waals surface area contributed by atoms with Gasteiger partial charge in [0.05, 0.1) is 10.5 Å². The summed E-state index contributed by atoms with van der Waals surface area (Å²) in [6, 6.07) is 13.2. The summed E-state index contributed by atoms with van der Waals surface area (Å²) in [6.07, 6.45) is 1.12. The first kappa shape index (κ1) is 24.5. The van der Waals surface area contributed by atoms with Crippen LogP contribution in [0.4, 0.5) is 14.9 Å². The highest BCUT2D eigenvalue weighted by molar-refractivity contribution is 6.05. The van der Waals surface area contributed by atoms with Crippen LogP contribution in [0.2, 0.25) is 0 Å². The number of nitro groups is 1. The predicted octanol–water partition coefficient (Wildman–Crippen LogP) is 2.96. The maximum absolute atomic E-state index is 14.0. The lowest BCUT2D eigenvalue weighted by Crippen LogP contribution is -2.43. The first-order valence-electron chi connectivity index (χ1n) is 10.4. The Morgan fingerprint density at radius 1 is 0.973 bits per heavy atom. The molecule has 2 heterocycles. The summed E-state index contributed by atoms with van der Waals surface area (Å²) in [7, 11) is 0. The SMILES string of the molecule is O=C(O)Nn1nc(-c2cccc(F)c2)c(-c2cccc([N+](=O)[O-])c2)c1C(=O)NNC(=O)c1cccnc1. The second kappa shape index (κ2) is 10.3. The molecule has 0 spiro atoms. The van der Waals surface area contributed by atoms with Crippen molar-refractivity contribution in [3.05, 3.63) is 100 Å². The topological polar surface area (TPSA) is 181 Å². The molecule has 0 radical (unpaired) electrons. The number of aromatic nitrogens is 3. The molecular weight excluding hydrogens is 489 g/mol. The third-order valence-electron chi connectivity index (χ3n) is 4.96. The van der Waals surface area contributed by atoms with Gasteiger partial charge in [0.25, 0.3) is 17.5 Å². The molecule has 0 aliphatic carbocycles. The first-order chi connectivity index (χ1) is 17.7. The van der Waals surface area contributed by atoms with E-state index in [1.807, 2.05) is 5.43 Å². The highest BCUT2D eigenvalue weighted by Crippen LogP contribution is 2.36. The van der Waals surface area contributed by atoms with Crippen molar-refractivity contribution in [1.82, 2.24) is 25.7 Å². The fraction of sp³-hybridized carbons (Fsp3) is 0. The summed E-state index contributed by atoms with van der Waals surface area (Å²) in [5.74, 6) is -2.39. The first-order valence-corrected chi connectivity index (χ1v) is 10.4. The Balaban J connectivity index is 1.86. The number of carbonyl (C=O) groups excluding carboxylic acids is 2. The number of carbonyl (C=O) groups is 3. The molecule has 37 heavy (non-hydrogen) atoms. The maximum atomic E-state index is 14.0. The molecule has 0 fully saturated rings. The third kappa shape index (κ3) is 5.37. The second-order valence-electron chi connectivity index (χ2n) is 7.37. The zero-order chi connectivity index (χ0) is 26.5. The Labute approximate surface area is 206 Å². The van der Waals surface area contributed by atoms with Crippen molar-refractivity contribution in [2.75, 3.05) is 5.43 Å². The summed E-state index contributed by atoms with van der Waals surface area (Å²) >= 11 is 0. The summed E-state index contributed by atoms with van der Waals surface area (Å²) in [5, 5.41) is 24.8. The number of amides is 3. The van der Waals surface area contributed by atoms with Crippen LogP contribution in [0.15, 0.2) is 73.1 Å². The fourth-order valence-corrected chi connectivity index (χ4v) is 3.43. The van der Waals surface area contributed by atoms with Gasteiger partial charge in [0.2, 0.25) is 0 Å². The molecule has 13 nitrogen and oxygen atoms in total. The highest BCUT2D eigenvalue weighted by atomic mass is 19.1. The van der Waals surface area contributed by atoms with Crippen LogP contribution < -0.4 is 16.3 Å². The van der Waals surface area contributed by atoms with E-state index < -0.39 is 34.3 Å². The number of carboxylic acid groups (broad SMARTS) is 1. The number of hydrazine groups is 1. The Morgan fingerprint density at radius 2 is 1.70 bits per heavy atom. The average molecular weight is 505 g/mol. The monoisotopic (exact) mass is 505 g/mol. The molecule has 4 N–H and O–H groups in total. The van der Waals surface area contributed by atoms with Crippen molar-refractivity contribution < 1.29 is 28.8 Å². The van der Waals surface area contributed by atoms with E-state index in [4.69, 9.17) is 0 Å². The fourth-order valence-electron chi connectivity index (χ4n) is 3.43. The van der Waals surface area contributed by atoms with Gasteiger partial charge in [-0.3, -0.25) is 35.5 Å². The molecule has 0 saturated carbocycles. The summed E-state index contributed by atoms with van der Waals surface area (Å²) in [4.78, 5) is 52.2. The zero-order valence-electron chi connectivity index (χ0n) is 18.6. The van der Waals surface area contributed by atoms with E-state index in [0.29, 0.717) is 4.79 Å². The highest BCUT2D eigenvalue weighted by Gasteiger charge is 2.28. The van der Waals surface area contributed by atoms with E-state index in [2.05, 4.69) is 20.9 Å². The number of benzene rings is 2. The number of nitro benzene ring substituents is 1. The van der Waals surface area contributed by atoms with Crippen LogP contribution in [0.5, 0.6) is 0 Å². The minimum Gasteiger partial charge on any atom is -0.464 e. The van der Waals surface area contributed by atoms with Crippen LogP contribution >= 0.6 is 0 Å². The van der Waals surface area contributed by atoms with Crippen LogP contribution in [0.25, 0.3) is 22.4 Å². The lowest BCUT2D eigenvalue weighted by Gasteiger charge is -2.11. The van der Waals surface area contributed by atoms with Crippen molar-refractivity contribution in [2.24, 2.45) is 0 Å². The second-order valence-corrected chi connectivity index (χ2v) is 7.37. The number of nitrogens with one attached hydrogen (secondary N) is 3. The van der Waals surface area contributed by atoms with Gasteiger partial charge in [0, 0.05) is 35.7 Å². The molecule has 14 heteroatoms. The standard InChI is InChI=1S/C23H16FN7O6/c24-16-7-1-5-14(10-16)19-18(13-4-2-8-17(11-13)31(36)37)20(30(28-19)29-23(34)35)22(33)27-26-21(32)15-6-3-9-25-12-15/h1-12,29H,(H,26,32)(H,27,33)(H,34,35). The van der Waals surface area contributed by atoms with E-state index in [0.717, 1.165) is 12.1 Å². The molecule has 4 aromatic rings. The largest absolute Gasteiger partial charge is 0.464 e. The molecule has 0 aliphatic rings.